The molecular formula is C24H26N4O2. The Morgan fingerprint density at radius 1 is 1.00 bits per heavy atom. The molecule has 0 aliphatic carbocycles. The highest BCUT2D eigenvalue weighted by Gasteiger charge is 2.22. The number of ether oxygens (including phenoxy) is 1. The van der Waals surface area contributed by atoms with Crippen LogP contribution >= 0.6 is 0 Å². The van der Waals surface area contributed by atoms with Gasteiger partial charge >= 0.3 is 0 Å². The van der Waals surface area contributed by atoms with Crippen LogP contribution in [0.5, 0.6) is 0 Å². The van der Waals surface area contributed by atoms with Gasteiger partial charge in [0.25, 0.3) is 0 Å². The van der Waals surface area contributed by atoms with E-state index in [1.165, 1.54) is 5.56 Å². The van der Waals surface area contributed by atoms with Gasteiger partial charge in [-0.15, -0.1) is 0 Å². The molecular weight excluding hydrogens is 376 g/mol. The molecule has 0 atom stereocenters. The van der Waals surface area contributed by atoms with Gasteiger partial charge in [-0.3, -0.25) is 0 Å². The van der Waals surface area contributed by atoms with Crippen molar-refractivity contribution < 1.29 is 9.26 Å². The first-order valence-corrected chi connectivity index (χ1v) is 10.4. The van der Waals surface area contributed by atoms with Crippen molar-refractivity contribution in [3.8, 4) is 11.1 Å². The molecule has 4 aromatic rings. The lowest BCUT2D eigenvalue weighted by Gasteiger charge is -2.29. The van der Waals surface area contributed by atoms with Crippen LogP contribution in [0.2, 0.25) is 0 Å². The molecule has 6 nitrogen and oxygen atoms in total. The van der Waals surface area contributed by atoms with Crippen LogP contribution in [-0.2, 0) is 11.3 Å². The minimum Gasteiger partial charge on any atom is -0.378 e. The molecule has 3 heterocycles. The van der Waals surface area contributed by atoms with Crippen molar-refractivity contribution in [2.45, 2.75) is 27.3 Å². The standard InChI is InChI=1S/C24H26N4O2/c1-16-23(17(2)30-26-16)20-13-21(27-9-11-29-12-10-27)24-22(14-20)28(18(3)25-24)15-19-7-5-4-6-8-19/h4-8,13-14H,9-12,15H2,1-3H3. The molecule has 154 valence electrons. The molecule has 6 heteroatoms. The molecule has 30 heavy (non-hydrogen) atoms. The molecule has 1 aliphatic heterocycles. The number of hydrogen-bond acceptors (Lipinski definition) is 5. The normalized spacial score (nSPS) is 14.6. The third-order valence-electron chi connectivity index (χ3n) is 5.88. The molecule has 0 radical (unpaired) electrons. The zero-order valence-electron chi connectivity index (χ0n) is 17.7. The fourth-order valence-electron chi connectivity index (χ4n) is 4.37. The summed E-state index contributed by atoms with van der Waals surface area (Å²) in [5.41, 5.74) is 7.68. The quantitative estimate of drug-likeness (QED) is 0.503. The van der Waals surface area contributed by atoms with E-state index < -0.39 is 0 Å². The van der Waals surface area contributed by atoms with E-state index in [-0.39, 0.29) is 0 Å². The minimum absolute atomic E-state index is 0.737. The van der Waals surface area contributed by atoms with Gasteiger partial charge in [-0.05, 0) is 44.0 Å². The van der Waals surface area contributed by atoms with E-state index in [9.17, 15) is 0 Å². The Hall–Kier alpha value is -3.12. The lowest BCUT2D eigenvalue weighted by atomic mass is 10.0. The molecule has 0 spiro atoms. The highest BCUT2D eigenvalue weighted by Crippen LogP contribution is 2.36. The van der Waals surface area contributed by atoms with Crippen molar-refractivity contribution >= 4 is 16.7 Å². The lowest BCUT2D eigenvalue weighted by molar-refractivity contribution is 0.123. The Kier molecular flexibility index (Phi) is 4.79. The molecule has 1 aliphatic rings. The molecule has 0 saturated carbocycles. The highest BCUT2D eigenvalue weighted by molar-refractivity contribution is 5.95. The summed E-state index contributed by atoms with van der Waals surface area (Å²) in [4.78, 5) is 7.37. The SMILES string of the molecule is Cc1noc(C)c1-c1cc(N2CCOCC2)c2nc(C)n(Cc3ccccc3)c2c1. The number of morpholine rings is 1. The van der Waals surface area contributed by atoms with Gasteiger partial charge in [0, 0.05) is 25.2 Å². The van der Waals surface area contributed by atoms with E-state index in [1.54, 1.807) is 0 Å². The maximum absolute atomic E-state index is 5.59. The fourth-order valence-corrected chi connectivity index (χ4v) is 4.37. The number of aromatic nitrogens is 3. The van der Waals surface area contributed by atoms with Crippen LogP contribution in [0.3, 0.4) is 0 Å². The van der Waals surface area contributed by atoms with E-state index in [2.05, 4.69) is 64.0 Å². The van der Waals surface area contributed by atoms with Crippen LogP contribution in [0.15, 0.2) is 47.0 Å². The number of rotatable bonds is 4. The molecule has 0 N–H and O–H groups in total. The second-order valence-corrected chi connectivity index (χ2v) is 7.89. The summed E-state index contributed by atoms with van der Waals surface area (Å²) in [6.07, 6.45) is 0. The average molecular weight is 402 g/mol. The van der Waals surface area contributed by atoms with Gasteiger partial charge in [-0.25, -0.2) is 4.98 Å². The van der Waals surface area contributed by atoms with Crippen molar-refractivity contribution in [3.05, 3.63) is 65.3 Å². The van der Waals surface area contributed by atoms with E-state index in [4.69, 9.17) is 14.2 Å². The minimum atomic E-state index is 0.737. The van der Waals surface area contributed by atoms with Crippen molar-refractivity contribution in [2.24, 2.45) is 0 Å². The number of aryl methyl sites for hydroxylation is 3. The van der Waals surface area contributed by atoms with Gasteiger partial charge in [0.1, 0.15) is 17.1 Å². The van der Waals surface area contributed by atoms with Gasteiger partial charge in [0.2, 0.25) is 0 Å². The molecule has 0 unspecified atom stereocenters. The van der Waals surface area contributed by atoms with E-state index in [0.717, 1.165) is 78.0 Å². The summed E-state index contributed by atoms with van der Waals surface area (Å²) in [6.45, 7) is 10.0. The summed E-state index contributed by atoms with van der Waals surface area (Å²) in [7, 11) is 0. The smallest absolute Gasteiger partial charge is 0.141 e. The van der Waals surface area contributed by atoms with Crippen molar-refractivity contribution in [1.82, 2.24) is 14.7 Å². The molecule has 0 bridgehead atoms. The number of fused-ring (bicyclic) bond motifs is 1. The van der Waals surface area contributed by atoms with E-state index in [0.29, 0.717) is 0 Å². The Balaban J connectivity index is 1.72. The maximum Gasteiger partial charge on any atom is 0.141 e. The van der Waals surface area contributed by atoms with Crippen LogP contribution in [0.1, 0.15) is 22.8 Å². The maximum atomic E-state index is 5.59. The Bertz CT molecular complexity index is 1170. The van der Waals surface area contributed by atoms with Gasteiger partial charge < -0.3 is 18.7 Å². The summed E-state index contributed by atoms with van der Waals surface area (Å²) < 4.78 is 13.4. The zero-order chi connectivity index (χ0) is 20.7. The summed E-state index contributed by atoms with van der Waals surface area (Å²) in [6, 6.07) is 15.0. The third kappa shape index (κ3) is 3.27. The molecule has 1 fully saturated rings. The number of anilines is 1. The van der Waals surface area contributed by atoms with Crippen LogP contribution in [0, 0.1) is 20.8 Å². The summed E-state index contributed by atoms with van der Waals surface area (Å²) in [5, 5.41) is 4.18. The van der Waals surface area contributed by atoms with Gasteiger partial charge in [-0.1, -0.05) is 35.5 Å². The number of benzene rings is 2. The monoisotopic (exact) mass is 402 g/mol. The topological polar surface area (TPSA) is 56.3 Å². The molecule has 1 saturated heterocycles. The number of imidazole rings is 1. The molecule has 2 aromatic carbocycles. The summed E-state index contributed by atoms with van der Waals surface area (Å²) in [5.74, 6) is 1.85. The first kappa shape index (κ1) is 18.9. The average Bonchev–Trinajstić information content (AvgIpc) is 3.27. The van der Waals surface area contributed by atoms with Gasteiger partial charge in [-0.2, -0.15) is 0 Å². The van der Waals surface area contributed by atoms with Crippen LogP contribution in [0.25, 0.3) is 22.2 Å². The van der Waals surface area contributed by atoms with Crippen molar-refractivity contribution in [2.75, 3.05) is 31.2 Å². The second kappa shape index (κ2) is 7.61. The first-order chi connectivity index (χ1) is 14.6. The lowest BCUT2D eigenvalue weighted by Crippen LogP contribution is -2.36. The fraction of sp³-hybridized carbons (Fsp3) is 0.333. The first-order valence-electron chi connectivity index (χ1n) is 10.4. The molecule has 0 amide bonds. The van der Waals surface area contributed by atoms with Crippen LogP contribution < -0.4 is 4.90 Å². The predicted octanol–water partition coefficient (Wildman–Crippen LogP) is 4.50. The van der Waals surface area contributed by atoms with Gasteiger partial charge in [0.05, 0.1) is 30.1 Å². The highest BCUT2D eigenvalue weighted by atomic mass is 16.5. The van der Waals surface area contributed by atoms with Gasteiger partial charge in [0.15, 0.2) is 0 Å². The van der Waals surface area contributed by atoms with E-state index >= 15 is 0 Å². The second-order valence-electron chi connectivity index (χ2n) is 7.89. The largest absolute Gasteiger partial charge is 0.378 e. The van der Waals surface area contributed by atoms with Crippen LogP contribution in [0.4, 0.5) is 5.69 Å². The van der Waals surface area contributed by atoms with Crippen molar-refractivity contribution in [3.63, 3.8) is 0 Å². The Labute approximate surface area is 176 Å². The number of nitrogens with zero attached hydrogens (tertiary/aromatic N) is 4. The summed E-state index contributed by atoms with van der Waals surface area (Å²) >= 11 is 0. The van der Waals surface area contributed by atoms with E-state index in [1.807, 2.05) is 13.8 Å². The number of hydrogen-bond donors (Lipinski definition) is 0. The molecule has 5 rings (SSSR count). The molecule has 2 aromatic heterocycles. The predicted molar refractivity (Wildman–Crippen MR) is 118 cm³/mol. The zero-order valence-corrected chi connectivity index (χ0v) is 17.7. The Morgan fingerprint density at radius 2 is 1.77 bits per heavy atom. The Morgan fingerprint density at radius 3 is 2.47 bits per heavy atom. The third-order valence-corrected chi connectivity index (χ3v) is 5.88. The van der Waals surface area contributed by atoms with Crippen molar-refractivity contribution in [1.29, 1.82) is 0 Å². The van der Waals surface area contributed by atoms with Crippen LogP contribution in [-0.4, -0.2) is 41.0 Å².